The monoisotopic (exact) mass is 429 g/mol. The average molecular weight is 429 g/mol. The van der Waals surface area contributed by atoms with E-state index in [2.05, 4.69) is 10.6 Å². The molecule has 1 aromatic carbocycles. The lowest BCUT2D eigenvalue weighted by molar-refractivity contribution is -0.163. The van der Waals surface area contributed by atoms with E-state index in [9.17, 15) is 26.7 Å². The fourth-order valence-electron chi connectivity index (χ4n) is 3.41. The minimum atomic E-state index is -4.80. The van der Waals surface area contributed by atoms with E-state index in [1.165, 1.54) is 24.3 Å². The Kier molecular flexibility index (Phi) is 6.10. The van der Waals surface area contributed by atoms with Gasteiger partial charge in [0.1, 0.15) is 11.6 Å². The maximum absolute atomic E-state index is 14.5. The second-order valence-electron chi connectivity index (χ2n) is 8.50. The van der Waals surface area contributed by atoms with Crippen molar-refractivity contribution in [1.29, 1.82) is 5.26 Å². The van der Waals surface area contributed by atoms with Crippen LogP contribution in [0.2, 0.25) is 0 Å². The summed E-state index contributed by atoms with van der Waals surface area (Å²) in [5, 5.41) is 13.6. The van der Waals surface area contributed by atoms with E-state index in [0.29, 0.717) is 25.7 Å². The van der Waals surface area contributed by atoms with Crippen LogP contribution in [0, 0.1) is 24.2 Å². The smallest absolute Gasteiger partial charge is 0.336 e. The van der Waals surface area contributed by atoms with Crippen molar-refractivity contribution in [3.05, 3.63) is 35.4 Å². The van der Waals surface area contributed by atoms with Crippen molar-refractivity contribution in [3.8, 4) is 6.07 Å². The van der Waals surface area contributed by atoms with Crippen LogP contribution in [-0.2, 0) is 4.79 Å². The second-order valence-corrected chi connectivity index (χ2v) is 8.50. The first-order valence-corrected chi connectivity index (χ1v) is 9.93. The van der Waals surface area contributed by atoms with E-state index in [-0.39, 0.29) is 11.5 Å². The van der Waals surface area contributed by atoms with Gasteiger partial charge in [0, 0.05) is 12.8 Å². The molecule has 0 saturated heterocycles. The van der Waals surface area contributed by atoms with Gasteiger partial charge in [0.05, 0.1) is 12.1 Å². The number of benzene rings is 1. The summed E-state index contributed by atoms with van der Waals surface area (Å²) in [5.41, 5.74) is -0.590. The molecule has 4 nitrogen and oxygen atoms in total. The minimum Gasteiger partial charge on any atom is -0.336 e. The first kappa shape index (κ1) is 22.5. The number of hydrogen-bond donors (Lipinski definition) is 2. The molecule has 3 rings (SSSR count). The number of nitriles is 1. The lowest BCUT2D eigenvalue weighted by Gasteiger charge is -2.30. The number of alkyl halides is 5. The van der Waals surface area contributed by atoms with Crippen LogP contribution in [0.5, 0.6) is 0 Å². The van der Waals surface area contributed by atoms with Gasteiger partial charge in [-0.05, 0) is 44.1 Å². The Morgan fingerprint density at radius 1 is 1.20 bits per heavy atom. The molecule has 0 aromatic heterocycles. The molecular weight excluding hydrogens is 405 g/mol. The van der Waals surface area contributed by atoms with Gasteiger partial charge in [-0.25, -0.2) is 8.78 Å². The number of hydrogen-bond acceptors (Lipinski definition) is 3. The lowest BCUT2D eigenvalue weighted by atomic mass is 9.98. The maximum atomic E-state index is 14.5. The Morgan fingerprint density at radius 3 is 2.27 bits per heavy atom. The van der Waals surface area contributed by atoms with Gasteiger partial charge in [-0.15, -0.1) is 0 Å². The number of carbonyl (C=O) groups excluding carboxylic acids is 1. The number of rotatable bonds is 9. The molecule has 30 heavy (non-hydrogen) atoms. The molecule has 2 aliphatic rings. The average Bonchev–Trinajstić information content (AvgIpc) is 3.56. The van der Waals surface area contributed by atoms with Crippen LogP contribution in [0.15, 0.2) is 24.3 Å². The van der Waals surface area contributed by atoms with Gasteiger partial charge in [-0.1, -0.05) is 29.8 Å². The summed E-state index contributed by atoms with van der Waals surface area (Å²) < 4.78 is 70.3. The Labute approximate surface area is 171 Å². The van der Waals surface area contributed by atoms with Crippen LogP contribution < -0.4 is 10.6 Å². The van der Waals surface area contributed by atoms with Crippen molar-refractivity contribution in [2.45, 2.75) is 75.2 Å². The van der Waals surface area contributed by atoms with Crippen LogP contribution in [0.25, 0.3) is 0 Å². The molecule has 2 atom stereocenters. The third kappa shape index (κ3) is 5.91. The van der Waals surface area contributed by atoms with Gasteiger partial charge >= 0.3 is 6.18 Å². The third-order valence-electron chi connectivity index (χ3n) is 5.54. The standard InChI is InChI=1S/C21H24F5N3O/c1-13-2-6-15(7-3-13)17(21(24,25)26)28-16(11-20(22,23)10-14-4-5-14)18(30)29-19(12-27)8-9-19/h2-3,6-7,14,16-17,28H,4-5,8-11H2,1H3,(H,29,30)/t16-,17-/m0/s1. The number of aryl methyl sites for hydroxylation is 1. The Balaban J connectivity index is 1.83. The van der Waals surface area contributed by atoms with E-state index in [1.807, 2.05) is 6.07 Å². The molecule has 0 heterocycles. The highest BCUT2D eigenvalue weighted by Gasteiger charge is 2.49. The Bertz CT molecular complexity index is 807. The van der Waals surface area contributed by atoms with Gasteiger partial charge < -0.3 is 5.32 Å². The fourth-order valence-corrected chi connectivity index (χ4v) is 3.41. The zero-order chi connectivity index (χ0) is 22.2. The van der Waals surface area contributed by atoms with E-state index in [1.54, 1.807) is 6.92 Å². The van der Waals surface area contributed by atoms with Crippen LogP contribution in [0.1, 0.15) is 55.7 Å². The van der Waals surface area contributed by atoms with E-state index in [4.69, 9.17) is 5.26 Å². The molecule has 0 spiro atoms. The SMILES string of the molecule is Cc1ccc([C@H](N[C@@H](CC(F)(F)CC2CC2)C(=O)NC2(C#N)CC2)C(F)(F)F)cc1. The molecule has 2 saturated carbocycles. The van der Waals surface area contributed by atoms with Crippen molar-refractivity contribution in [3.63, 3.8) is 0 Å². The number of halogens is 5. The summed E-state index contributed by atoms with van der Waals surface area (Å²) in [7, 11) is 0. The van der Waals surface area contributed by atoms with Crippen molar-refractivity contribution in [1.82, 2.24) is 10.6 Å². The van der Waals surface area contributed by atoms with Gasteiger partial charge in [-0.2, -0.15) is 18.4 Å². The summed E-state index contributed by atoms with van der Waals surface area (Å²) >= 11 is 0. The van der Waals surface area contributed by atoms with Gasteiger partial charge in [0.15, 0.2) is 0 Å². The van der Waals surface area contributed by atoms with Gasteiger partial charge in [-0.3, -0.25) is 10.1 Å². The molecule has 0 bridgehead atoms. The predicted molar refractivity (Wildman–Crippen MR) is 99.5 cm³/mol. The van der Waals surface area contributed by atoms with Crippen LogP contribution in [0.3, 0.4) is 0 Å². The molecule has 0 radical (unpaired) electrons. The first-order chi connectivity index (χ1) is 13.9. The summed E-state index contributed by atoms with van der Waals surface area (Å²) in [6.45, 7) is 1.71. The largest absolute Gasteiger partial charge is 0.407 e. The van der Waals surface area contributed by atoms with Crippen molar-refractivity contribution in [2.75, 3.05) is 0 Å². The highest BCUT2D eigenvalue weighted by Crippen LogP contribution is 2.42. The number of carbonyl (C=O) groups is 1. The number of amides is 1. The quantitative estimate of drug-likeness (QED) is 0.566. The summed E-state index contributed by atoms with van der Waals surface area (Å²) in [6.07, 6.45) is -4.30. The first-order valence-electron chi connectivity index (χ1n) is 9.93. The molecule has 0 aliphatic heterocycles. The van der Waals surface area contributed by atoms with E-state index in [0.717, 1.165) is 5.56 Å². The van der Waals surface area contributed by atoms with Crippen molar-refractivity contribution >= 4 is 5.91 Å². The van der Waals surface area contributed by atoms with Crippen LogP contribution in [0.4, 0.5) is 22.0 Å². The normalized spacial score (nSPS) is 20.2. The molecule has 2 aliphatic carbocycles. The van der Waals surface area contributed by atoms with Crippen LogP contribution in [-0.4, -0.2) is 29.6 Å². The minimum absolute atomic E-state index is 0.159. The van der Waals surface area contributed by atoms with Crippen LogP contribution >= 0.6 is 0 Å². The molecule has 2 N–H and O–H groups in total. The molecule has 164 valence electrons. The lowest BCUT2D eigenvalue weighted by Crippen LogP contribution is -2.53. The summed E-state index contributed by atoms with van der Waals surface area (Å²) in [6, 6.07) is 3.31. The Hall–Kier alpha value is -2.21. The van der Waals surface area contributed by atoms with E-state index < -0.39 is 48.5 Å². The number of nitrogens with zero attached hydrogens (tertiary/aromatic N) is 1. The molecule has 1 amide bonds. The zero-order valence-corrected chi connectivity index (χ0v) is 16.5. The third-order valence-corrected chi connectivity index (χ3v) is 5.54. The second kappa shape index (κ2) is 8.14. The Morgan fingerprint density at radius 2 is 1.80 bits per heavy atom. The molecule has 9 heteroatoms. The maximum Gasteiger partial charge on any atom is 0.407 e. The van der Waals surface area contributed by atoms with Gasteiger partial charge in [0.25, 0.3) is 0 Å². The molecule has 1 aromatic rings. The number of nitrogens with one attached hydrogen (secondary N) is 2. The zero-order valence-electron chi connectivity index (χ0n) is 16.5. The molecule has 2 fully saturated rings. The van der Waals surface area contributed by atoms with Crippen molar-refractivity contribution in [2.24, 2.45) is 5.92 Å². The van der Waals surface area contributed by atoms with Gasteiger partial charge in [0.2, 0.25) is 11.8 Å². The molecule has 0 unspecified atom stereocenters. The highest BCUT2D eigenvalue weighted by molar-refractivity contribution is 5.83. The van der Waals surface area contributed by atoms with Crippen molar-refractivity contribution < 1.29 is 26.7 Å². The summed E-state index contributed by atoms with van der Waals surface area (Å²) in [5.74, 6) is -4.46. The fraction of sp³-hybridized carbons (Fsp3) is 0.619. The summed E-state index contributed by atoms with van der Waals surface area (Å²) in [4.78, 5) is 12.7. The topological polar surface area (TPSA) is 64.9 Å². The van der Waals surface area contributed by atoms with E-state index >= 15 is 0 Å². The highest BCUT2D eigenvalue weighted by atomic mass is 19.4. The predicted octanol–water partition coefficient (Wildman–Crippen LogP) is 4.55. The molecular formula is C21H24F5N3O.